The quantitative estimate of drug-likeness (QED) is 0.622. The van der Waals surface area contributed by atoms with Gasteiger partial charge in [-0.15, -0.1) is 0 Å². The van der Waals surface area contributed by atoms with E-state index < -0.39 is 0 Å². The van der Waals surface area contributed by atoms with Crippen LogP contribution in [0.15, 0.2) is 48.7 Å². The molecule has 5 nitrogen and oxygen atoms in total. The molecule has 0 amide bonds. The molecule has 1 aliphatic rings. The molecule has 5 heteroatoms. The summed E-state index contributed by atoms with van der Waals surface area (Å²) < 4.78 is 11.2. The molecule has 1 fully saturated rings. The fourth-order valence-electron chi connectivity index (χ4n) is 4.11. The Kier molecular flexibility index (Phi) is 5.32. The molecule has 0 spiro atoms. The second-order valence-corrected chi connectivity index (χ2v) is 7.00. The highest BCUT2D eigenvalue weighted by Gasteiger charge is 2.26. The molecular formula is C22H27N3O2. The first kappa shape index (κ1) is 17.9. The van der Waals surface area contributed by atoms with E-state index in [2.05, 4.69) is 52.0 Å². The SMILES string of the molecule is COc1cc(OC)c2[nH]ccc2c1CNC1CCCNC1c1ccccc1. The van der Waals surface area contributed by atoms with Crippen LogP contribution in [0.5, 0.6) is 11.5 Å². The van der Waals surface area contributed by atoms with Crippen molar-refractivity contribution in [2.24, 2.45) is 0 Å². The van der Waals surface area contributed by atoms with Crippen molar-refractivity contribution in [3.63, 3.8) is 0 Å². The number of rotatable bonds is 6. The van der Waals surface area contributed by atoms with Crippen molar-refractivity contribution in [1.82, 2.24) is 15.6 Å². The molecule has 0 bridgehead atoms. The number of aromatic amines is 1. The van der Waals surface area contributed by atoms with Gasteiger partial charge in [-0.1, -0.05) is 30.3 Å². The number of H-pyrrole nitrogens is 1. The van der Waals surface area contributed by atoms with Gasteiger partial charge < -0.3 is 25.1 Å². The van der Waals surface area contributed by atoms with Gasteiger partial charge in [-0.25, -0.2) is 0 Å². The van der Waals surface area contributed by atoms with Crippen LogP contribution in [0.2, 0.25) is 0 Å². The lowest BCUT2D eigenvalue weighted by Gasteiger charge is -2.34. The van der Waals surface area contributed by atoms with Crippen molar-refractivity contribution in [2.75, 3.05) is 20.8 Å². The van der Waals surface area contributed by atoms with E-state index in [-0.39, 0.29) is 0 Å². The lowest BCUT2D eigenvalue weighted by Crippen LogP contribution is -2.45. The molecule has 3 aromatic rings. The summed E-state index contributed by atoms with van der Waals surface area (Å²) in [6.07, 6.45) is 4.28. The van der Waals surface area contributed by atoms with Gasteiger partial charge in [0, 0.05) is 41.8 Å². The Morgan fingerprint density at radius 3 is 2.67 bits per heavy atom. The standard InChI is InChI=1S/C22H27N3O2/c1-26-19-13-20(27-2)22-16(10-12-24-22)17(19)14-25-18-9-6-11-23-21(18)15-7-4-3-5-8-15/h3-5,7-8,10,12-13,18,21,23-25H,6,9,11,14H2,1-2H3. The highest BCUT2D eigenvalue weighted by molar-refractivity contribution is 5.90. The summed E-state index contributed by atoms with van der Waals surface area (Å²) in [6.45, 7) is 1.81. The molecule has 2 heterocycles. The van der Waals surface area contributed by atoms with Crippen molar-refractivity contribution in [3.05, 3.63) is 59.8 Å². The van der Waals surface area contributed by atoms with Crippen LogP contribution in [0.25, 0.3) is 10.9 Å². The third-order valence-electron chi connectivity index (χ3n) is 5.48. The molecule has 0 saturated carbocycles. The smallest absolute Gasteiger partial charge is 0.146 e. The van der Waals surface area contributed by atoms with E-state index in [0.29, 0.717) is 12.1 Å². The van der Waals surface area contributed by atoms with Crippen LogP contribution >= 0.6 is 0 Å². The fraction of sp³-hybridized carbons (Fsp3) is 0.364. The van der Waals surface area contributed by atoms with Crippen molar-refractivity contribution in [3.8, 4) is 11.5 Å². The molecule has 1 aliphatic heterocycles. The van der Waals surface area contributed by atoms with Gasteiger partial charge >= 0.3 is 0 Å². The maximum atomic E-state index is 5.67. The first-order valence-electron chi connectivity index (χ1n) is 9.54. The molecule has 3 N–H and O–H groups in total. The number of aromatic nitrogens is 1. The van der Waals surface area contributed by atoms with Crippen molar-refractivity contribution in [2.45, 2.75) is 31.5 Å². The number of piperidine rings is 1. The maximum Gasteiger partial charge on any atom is 0.146 e. The molecular weight excluding hydrogens is 338 g/mol. The average Bonchev–Trinajstić information content (AvgIpc) is 3.22. The summed E-state index contributed by atoms with van der Waals surface area (Å²) in [4.78, 5) is 3.28. The largest absolute Gasteiger partial charge is 0.496 e. The van der Waals surface area contributed by atoms with E-state index in [0.717, 1.165) is 47.5 Å². The number of ether oxygens (including phenoxy) is 2. The normalized spacial score (nSPS) is 19.9. The predicted octanol–water partition coefficient (Wildman–Crippen LogP) is 3.77. The van der Waals surface area contributed by atoms with Crippen LogP contribution < -0.4 is 20.1 Å². The predicted molar refractivity (Wildman–Crippen MR) is 108 cm³/mol. The Balaban J connectivity index is 1.60. The summed E-state index contributed by atoms with van der Waals surface area (Å²) in [5.41, 5.74) is 3.51. The van der Waals surface area contributed by atoms with E-state index in [1.165, 1.54) is 12.0 Å². The van der Waals surface area contributed by atoms with Gasteiger partial charge in [0.25, 0.3) is 0 Å². The number of nitrogens with one attached hydrogen (secondary N) is 3. The Labute approximate surface area is 160 Å². The Morgan fingerprint density at radius 1 is 1.07 bits per heavy atom. The van der Waals surface area contributed by atoms with Crippen LogP contribution in [-0.2, 0) is 6.54 Å². The van der Waals surface area contributed by atoms with Crippen molar-refractivity contribution >= 4 is 10.9 Å². The minimum absolute atomic E-state index is 0.325. The van der Waals surface area contributed by atoms with Gasteiger partial charge in [0.1, 0.15) is 11.5 Å². The first-order chi connectivity index (χ1) is 13.3. The van der Waals surface area contributed by atoms with Crippen LogP contribution in [0.4, 0.5) is 0 Å². The molecule has 2 aromatic carbocycles. The second-order valence-electron chi connectivity index (χ2n) is 7.00. The Morgan fingerprint density at radius 2 is 1.89 bits per heavy atom. The lowest BCUT2D eigenvalue weighted by atomic mass is 9.92. The molecule has 142 valence electrons. The summed E-state index contributed by atoms with van der Waals surface area (Å²) in [7, 11) is 3.40. The zero-order valence-electron chi connectivity index (χ0n) is 15.9. The minimum atomic E-state index is 0.325. The minimum Gasteiger partial charge on any atom is -0.496 e. The van der Waals surface area contributed by atoms with Gasteiger partial charge in [-0.2, -0.15) is 0 Å². The molecule has 4 rings (SSSR count). The van der Waals surface area contributed by atoms with Gasteiger partial charge in [-0.3, -0.25) is 0 Å². The molecule has 1 aromatic heterocycles. The zero-order valence-corrected chi connectivity index (χ0v) is 15.9. The number of methoxy groups -OCH3 is 2. The highest BCUT2D eigenvalue weighted by atomic mass is 16.5. The van der Waals surface area contributed by atoms with Gasteiger partial charge in [0.05, 0.1) is 19.7 Å². The van der Waals surface area contributed by atoms with Crippen LogP contribution in [0.3, 0.4) is 0 Å². The molecule has 27 heavy (non-hydrogen) atoms. The molecule has 0 radical (unpaired) electrons. The second kappa shape index (κ2) is 8.03. The van der Waals surface area contributed by atoms with Gasteiger partial charge in [0.2, 0.25) is 0 Å². The number of hydrogen-bond donors (Lipinski definition) is 3. The lowest BCUT2D eigenvalue weighted by molar-refractivity contribution is 0.303. The van der Waals surface area contributed by atoms with Crippen LogP contribution in [0.1, 0.15) is 30.0 Å². The molecule has 1 saturated heterocycles. The third kappa shape index (κ3) is 3.53. The van der Waals surface area contributed by atoms with Crippen molar-refractivity contribution < 1.29 is 9.47 Å². The Bertz CT molecular complexity index is 891. The third-order valence-corrected chi connectivity index (χ3v) is 5.48. The zero-order chi connectivity index (χ0) is 18.6. The topological polar surface area (TPSA) is 58.3 Å². The average molecular weight is 365 g/mol. The van der Waals surface area contributed by atoms with Gasteiger partial charge in [-0.05, 0) is 31.0 Å². The van der Waals surface area contributed by atoms with Gasteiger partial charge in [0.15, 0.2) is 0 Å². The van der Waals surface area contributed by atoms with E-state index in [1.807, 2.05) is 12.3 Å². The van der Waals surface area contributed by atoms with Crippen molar-refractivity contribution in [1.29, 1.82) is 0 Å². The number of fused-ring (bicyclic) bond motifs is 1. The fourth-order valence-corrected chi connectivity index (χ4v) is 4.11. The van der Waals surface area contributed by atoms with E-state index >= 15 is 0 Å². The molecule has 2 atom stereocenters. The summed E-state index contributed by atoms with van der Waals surface area (Å²) in [5.74, 6) is 1.66. The summed E-state index contributed by atoms with van der Waals surface area (Å²) in [5, 5.41) is 8.60. The van der Waals surface area contributed by atoms with E-state index in [9.17, 15) is 0 Å². The van der Waals surface area contributed by atoms with E-state index in [1.54, 1.807) is 14.2 Å². The number of benzene rings is 2. The monoisotopic (exact) mass is 365 g/mol. The number of hydrogen-bond acceptors (Lipinski definition) is 4. The van der Waals surface area contributed by atoms with Crippen LogP contribution in [-0.4, -0.2) is 31.8 Å². The molecule has 2 unspecified atom stereocenters. The first-order valence-corrected chi connectivity index (χ1v) is 9.54. The van der Waals surface area contributed by atoms with E-state index in [4.69, 9.17) is 9.47 Å². The summed E-state index contributed by atoms with van der Waals surface area (Å²) in [6, 6.07) is 15.4. The maximum absolute atomic E-state index is 5.67. The van der Waals surface area contributed by atoms with Crippen LogP contribution in [0, 0.1) is 0 Å². The highest BCUT2D eigenvalue weighted by Crippen LogP contribution is 2.35. The Hall–Kier alpha value is -2.50. The molecule has 0 aliphatic carbocycles. The summed E-state index contributed by atoms with van der Waals surface area (Å²) >= 11 is 0.